The van der Waals surface area contributed by atoms with Gasteiger partial charge < -0.3 is 5.73 Å². The molecule has 2 rings (SSSR count). The second-order valence-corrected chi connectivity index (χ2v) is 7.07. The summed E-state index contributed by atoms with van der Waals surface area (Å²) in [5.41, 5.74) is 6.40. The van der Waals surface area contributed by atoms with Crippen LogP contribution >= 0.6 is 11.8 Å². The summed E-state index contributed by atoms with van der Waals surface area (Å²) in [6.07, 6.45) is 9.89. The van der Waals surface area contributed by atoms with Gasteiger partial charge in [0.25, 0.3) is 0 Å². The Hall–Kier alpha value is 0.270. The summed E-state index contributed by atoms with van der Waals surface area (Å²) in [6.45, 7) is 2.11. The van der Waals surface area contributed by atoms with E-state index in [9.17, 15) is 0 Å². The molecule has 1 unspecified atom stereocenters. The van der Waals surface area contributed by atoms with Crippen molar-refractivity contribution >= 4 is 11.8 Å². The molecular formula is C14H28N2S. The first-order chi connectivity index (χ1) is 8.27. The van der Waals surface area contributed by atoms with E-state index in [0.29, 0.717) is 5.54 Å². The van der Waals surface area contributed by atoms with E-state index in [1.807, 2.05) is 0 Å². The lowest BCUT2D eigenvalue weighted by atomic mass is 9.86. The first-order valence-corrected chi connectivity index (χ1v) is 8.41. The van der Waals surface area contributed by atoms with Crippen molar-refractivity contribution in [2.24, 2.45) is 11.7 Å². The standard InChI is InChI=1S/C14H28N2S/c1-16(10-13-6-3-2-4-7-13)14(11-15)8-5-9-17-12-14/h13H,2-12,15H2,1H3. The lowest BCUT2D eigenvalue weighted by Gasteiger charge is -2.45. The highest BCUT2D eigenvalue weighted by Gasteiger charge is 2.36. The minimum atomic E-state index is 0.306. The highest BCUT2D eigenvalue weighted by atomic mass is 32.2. The number of hydrogen-bond donors (Lipinski definition) is 1. The quantitative estimate of drug-likeness (QED) is 0.838. The van der Waals surface area contributed by atoms with Gasteiger partial charge in [-0.25, -0.2) is 0 Å². The maximum absolute atomic E-state index is 6.09. The predicted molar refractivity (Wildman–Crippen MR) is 77.5 cm³/mol. The third-order valence-corrected chi connectivity index (χ3v) is 6.07. The second-order valence-electron chi connectivity index (χ2n) is 5.97. The van der Waals surface area contributed by atoms with Gasteiger partial charge in [0, 0.05) is 24.4 Å². The Labute approximate surface area is 111 Å². The topological polar surface area (TPSA) is 29.3 Å². The van der Waals surface area contributed by atoms with Gasteiger partial charge in [0.05, 0.1) is 0 Å². The van der Waals surface area contributed by atoms with Crippen molar-refractivity contribution in [2.45, 2.75) is 50.5 Å². The fraction of sp³-hybridized carbons (Fsp3) is 1.00. The lowest BCUT2D eigenvalue weighted by molar-refractivity contribution is 0.103. The molecule has 0 bridgehead atoms. The third-order valence-electron chi connectivity index (χ3n) is 4.75. The Morgan fingerprint density at radius 2 is 2.00 bits per heavy atom. The Morgan fingerprint density at radius 3 is 2.59 bits per heavy atom. The number of likely N-dealkylation sites (N-methyl/N-ethyl adjacent to an activating group) is 1. The van der Waals surface area contributed by atoms with Crippen molar-refractivity contribution in [3.05, 3.63) is 0 Å². The molecule has 2 fully saturated rings. The van der Waals surface area contributed by atoms with Crippen LogP contribution in [0.2, 0.25) is 0 Å². The van der Waals surface area contributed by atoms with Crippen molar-refractivity contribution < 1.29 is 0 Å². The summed E-state index contributed by atoms with van der Waals surface area (Å²) >= 11 is 2.10. The van der Waals surface area contributed by atoms with Crippen molar-refractivity contribution in [1.29, 1.82) is 0 Å². The summed E-state index contributed by atoms with van der Waals surface area (Å²) in [6, 6.07) is 0. The number of nitrogens with zero attached hydrogens (tertiary/aromatic N) is 1. The predicted octanol–water partition coefficient (Wildman–Crippen LogP) is 2.72. The smallest absolute Gasteiger partial charge is 0.0419 e. The van der Waals surface area contributed by atoms with E-state index < -0.39 is 0 Å². The molecule has 1 heterocycles. The van der Waals surface area contributed by atoms with Crippen LogP contribution in [0.25, 0.3) is 0 Å². The first kappa shape index (κ1) is 13.7. The number of nitrogens with two attached hydrogens (primary N) is 1. The number of thioether (sulfide) groups is 1. The van der Waals surface area contributed by atoms with E-state index in [2.05, 4.69) is 23.7 Å². The van der Waals surface area contributed by atoms with Gasteiger partial charge in [-0.2, -0.15) is 11.8 Å². The maximum atomic E-state index is 6.09. The van der Waals surface area contributed by atoms with Crippen molar-refractivity contribution in [3.63, 3.8) is 0 Å². The van der Waals surface area contributed by atoms with E-state index in [0.717, 1.165) is 12.5 Å². The number of hydrogen-bond acceptors (Lipinski definition) is 3. The summed E-state index contributed by atoms with van der Waals surface area (Å²) in [5.74, 6) is 3.51. The van der Waals surface area contributed by atoms with Gasteiger partial charge in [-0.05, 0) is 44.4 Å². The molecule has 0 aromatic heterocycles. The van der Waals surface area contributed by atoms with Gasteiger partial charge in [0.2, 0.25) is 0 Å². The van der Waals surface area contributed by atoms with Gasteiger partial charge in [-0.1, -0.05) is 19.3 Å². The highest BCUT2D eigenvalue weighted by molar-refractivity contribution is 7.99. The van der Waals surface area contributed by atoms with Crippen LogP contribution in [-0.4, -0.2) is 42.1 Å². The molecule has 2 nitrogen and oxygen atoms in total. The highest BCUT2D eigenvalue weighted by Crippen LogP contribution is 2.33. The minimum absolute atomic E-state index is 0.306. The zero-order valence-corrected chi connectivity index (χ0v) is 12.1. The molecule has 0 spiro atoms. The molecule has 1 saturated heterocycles. The molecule has 0 amide bonds. The number of rotatable bonds is 4. The molecule has 17 heavy (non-hydrogen) atoms. The molecule has 1 atom stereocenters. The zero-order valence-electron chi connectivity index (χ0n) is 11.3. The van der Waals surface area contributed by atoms with E-state index in [4.69, 9.17) is 5.73 Å². The van der Waals surface area contributed by atoms with E-state index in [1.54, 1.807) is 0 Å². The van der Waals surface area contributed by atoms with E-state index in [1.165, 1.54) is 63.0 Å². The Bertz CT molecular complexity index is 220. The minimum Gasteiger partial charge on any atom is -0.329 e. The summed E-state index contributed by atoms with van der Waals surface area (Å²) in [5, 5.41) is 0. The largest absolute Gasteiger partial charge is 0.329 e. The second kappa shape index (κ2) is 6.44. The van der Waals surface area contributed by atoms with Gasteiger partial charge in [0.15, 0.2) is 0 Å². The van der Waals surface area contributed by atoms with Crippen LogP contribution in [0.1, 0.15) is 44.9 Å². The summed E-state index contributed by atoms with van der Waals surface area (Å²) < 4.78 is 0. The average Bonchev–Trinajstić information content (AvgIpc) is 2.40. The van der Waals surface area contributed by atoms with E-state index >= 15 is 0 Å². The normalized spacial score (nSPS) is 31.9. The zero-order chi connectivity index (χ0) is 12.1. The SMILES string of the molecule is CN(CC1CCCCC1)C1(CN)CCCSC1. The molecule has 3 heteroatoms. The van der Waals surface area contributed by atoms with Gasteiger partial charge in [-0.15, -0.1) is 0 Å². The fourth-order valence-corrected chi connectivity index (χ4v) is 4.76. The third kappa shape index (κ3) is 3.39. The van der Waals surface area contributed by atoms with Crippen LogP contribution in [-0.2, 0) is 0 Å². The molecule has 1 aliphatic carbocycles. The van der Waals surface area contributed by atoms with Crippen molar-refractivity contribution in [1.82, 2.24) is 4.90 Å². The maximum Gasteiger partial charge on any atom is 0.0419 e. The van der Waals surface area contributed by atoms with Gasteiger partial charge in [-0.3, -0.25) is 4.90 Å². The van der Waals surface area contributed by atoms with Crippen LogP contribution in [0.3, 0.4) is 0 Å². The van der Waals surface area contributed by atoms with Crippen LogP contribution in [0.5, 0.6) is 0 Å². The molecule has 0 aromatic carbocycles. The van der Waals surface area contributed by atoms with Gasteiger partial charge >= 0.3 is 0 Å². The van der Waals surface area contributed by atoms with Crippen LogP contribution in [0.15, 0.2) is 0 Å². The van der Waals surface area contributed by atoms with Crippen molar-refractivity contribution in [3.8, 4) is 0 Å². The fourth-order valence-electron chi connectivity index (χ4n) is 3.41. The molecule has 1 saturated carbocycles. The lowest BCUT2D eigenvalue weighted by Crippen LogP contribution is -2.56. The molecular weight excluding hydrogens is 228 g/mol. The molecule has 1 aliphatic heterocycles. The molecule has 2 N–H and O–H groups in total. The molecule has 100 valence electrons. The molecule has 0 aromatic rings. The average molecular weight is 256 g/mol. The van der Waals surface area contributed by atoms with Crippen LogP contribution in [0, 0.1) is 5.92 Å². The monoisotopic (exact) mass is 256 g/mol. The molecule has 0 radical (unpaired) electrons. The Morgan fingerprint density at radius 1 is 1.24 bits per heavy atom. The Kier molecular flexibility index (Phi) is 5.19. The summed E-state index contributed by atoms with van der Waals surface area (Å²) in [4.78, 5) is 2.61. The van der Waals surface area contributed by atoms with Gasteiger partial charge in [0.1, 0.15) is 0 Å². The van der Waals surface area contributed by atoms with Crippen molar-refractivity contribution in [2.75, 3.05) is 31.6 Å². The Balaban J connectivity index is 1.89. The van der Waals surface area contributed by atoms with E-state index in [-0.39, 0.29) is 0 Å². The first-order valence-electron chi connectivity index (χ1n) is 7.26. The molecule has 2 aliphatic rings. The van der Waals surface area contributed by atoms with Crippen LogP contribution < -0.4 is 5.73 Å². The summed E-state index contributed by atoms with van der Waals surface area (Å²) in [7, 11) is 2.31. The van der Waals surface area contributed by atoms with Crippen LogP contribution in [0.4, 0.5) is 0 Å².